The van der Waals surface area contributed by atoms with Crippen LogP contribution in [-0.4, -0.2) is 11.7 Å². The molecule has 0 radical (unpaired) electrons. The van der Waals surface area contributed by atoms with E-state index in [9.17, 15) is 0 Å². The van der Waals surface area contributed by atoms with Crippen molar-refractivity contribution in [1.29, 1.82) is 5.26 Å². The first-order chi connectivity index (χ1) is 5.77. The monoisotopic (exact) mass is 163 g/mol. The summed E-state index contributed by atoms with van der Waals surface area (Å²) in [6.45, 7) is 2.24. The first-order valence-electron chi connectivity index (χ1n) is 4.46. The van der Waals surface area contributed by atoms with Crippen molar-refractivity contribution in [2.45, 2.75) is 13.3 Å². The van der Waals surface area contributed by atoms with Gasteiger partial charge in [0.15, 0.2) is 0 Å². The van der Waals surface area contributed by atoms with Crippen molar-refractivity contribution in [3.63, 3.8) is 0 Å². The molecule has 0 spiro atoms. The minimum Gasteiger partial charge on any atom is -0.396 e. The molecule has 0 aromatic heterocycles. The molecule has 0 saturated heterocycles. The van der Waals surface area contributed by atoms with Crippen LogP contribution in [0.1, 0.15) is 13.3 Å². The summed E-state index contributed by atoms with van der Waals surface area (Å²) in [7, 11) is 0. The van der Waals surface area contributed by atoms with Gasteiger partial charge in [-0.3, -0.25) is 0 Å². The number of rotatable bonds is 1. The van der Waals surface area contributed by atoms with Gasteiger partial charge >= 0.3 is 0 Å². The number of aliphatic hydroxyl groups is 1. The first kappa shape index (κ1) is 7.82. The molecule has 0 aliphatic heterocycles. The van der Waals surface area contributed by atoms with Crippen LogP contribution in [0.5, 0.6) is 0 Å². The number of hydrogen-bond donors (Lipinski definition) is 1. The van der Waals surface area contributed by atoms with Gasteiger partial charge in [-0.1, -0.05) is 19.1 Å². The number of nitrogens with zero attached hydrogens (tertiary/aromatic N) is 1. The standard InChI is InChI=1S/C10H13NO/c1-7-3-2-4-8-9(5-12)10(7,8)6-11/h2-3,7-9,12H,4-5H2,1H3/t7-,8-,9+,10?/m1/s1. The minimum absolute atomic E-state index is 0.171. The lowest BCUT2D eigenvalue weighted by atomic mass is 9.84. The van der Waals surface area contributed by atoms with Gasteiger partial charge in [-0.05, 0) is 18.3 Å². The van der Waals surface area contributed by atoms with E-state index < -0.39 is 0 Å². The fraction of sp³-hybridized carbons (Fsp3) is 0.700. The SMILES string of the molecule is C[C@@H]1C=CC[C@@H]2[C@H](CO)C12C#N. The summed E-state index contributed by atoms with van der Waals surface area (Å²) in [4.78, 5) is 0. The van der Waals surface area contributed by atoms with E-state index in [0.29, 0.717) is 11.8 Å². The van der Waals surface area contributed by atoms with E-state index in [1.54, 1.807) is 0 Å². The molecule has 1 unspecified atom stereocenters. The van der Waals surface area contributed by atoms with Crippen LogP contribution in [0, 0.1) is 34.5 Å². The third-order valence-electron chi connectivity index (χ3n) is 3.56. The number of aliphatic hydroxyl groups excluding tert-OH is 1. The Morgan fingerprint density at radius 1 is 1.75 bits per heavy atom. The molecule has 1 saturated carbocycles. The molecule has 0 amide bonds. The van der Waals surface area contributed by atoms with Gasteiger partial charge in [-0.25, -0.2) is 0 Å². The predicted octanol–water partition coefficient (Wildman–Crippen LogP) is 1.33. The Morgan fingerprint density at radius 3 is 3.00 bits per heavy atom. The molecule has 2 rings (SSSR count). The van der Waals surface area contributed by atoms with Crippen LogP contribution in [-0.2, 0) is 0 Å². The fourth-order valence-corrected chi connectivity index (χ4v) is 2.73. The summed E-state index contributed by atoms with van der Waals surface area (Å²) < 4.78 is 0. The van der Waals surface area contributed by atoms with Crippen LogP contribution < -0.4 is 0 Å². The molecule has 2 nitrogen and oxygen atoms in total. The molecule has 0 aromatic rings. The second-order valence-electron chi connectivity index (χ2n) is 3.89. The molecular weight excluding hydrogens is 150 g/mol. The molecule has 0 heterocycles. The third kappa shape index (κ3) is 0.676. The number of fused-ring (bicyclic) bond motifs is 1. The molecule has 1 fully saturated rings. The number of allylic oxidation sites excluding steroid dienone is 2. The molecule has 0 aromatic carbocycles. The zero-order valence-corrected chi connectivity index (χ0v) is 7.20. The van der Waals surface area contributed by atoms with Crippen molar-refractivity contribution in [2.24, 2.45) is 23.2 Å². The molecule has 12 heavy (non-hydrogen) atoms. The third-order valence-corrected chi connectivity index (χ3v) is 3.56. The molecule has 2 aliphatic carbocycles. The zero-order chi connectivity index (χ0) is 8.77. The highest BCUT2D eigenvalue weighted by molar-refractivity contribution is 5.29. The number of nitriles is 1. The lowest BCUT2D eigenvalue weighted by molar-refractivity contribution is 0.250. The van der Waals surface area contributed by atoms with Gasteiger partial charge in [0.25, 0.3) is 0 Å². The van der Waals surface area contributed by atoms with E-state index in [1.165, 1.54) is 0 Å². The minimum atomic E-state index is -0.219. The first-order valence-corrected chi connectivity index (χ1v) is 4.46. The van der Waals surface area contributed by atoms with Gasteiger partial charge in [0.1, 0.15) is 0 Å². The summed E-state index contributed by atoms with van der Waals surface area (Å²) in [5, 5.41) is 18.1. The molecule has 64 valence electrons. The molecular formula is C10H13NO. The van der Waals surface area contributed by atoms with Crippen LogP contribution in [0.2, 0.25) is 0 Å². The van der Waals surface area contributed by atoms with E-state index >= 15 is 0 Å². The normalized spacial score (nSPS) is 49.6. The summed E-state index contributed by atoms with van der Waals surface area (Å²) >= 11 is 0. The molecule has 2 aliphatic rings. The van der Waals surface area contributed by atoms with Gasteiger partial charge in [-0.15, -0.1) is 0 Å². The quantitative estimate of drug-likeness (QED) is 0.593. The largest absolute Gasteiger partial charge is 0.396 e. The predicted molar refractivity (Wildman–Crippen MR) is 45.0 cm³/mol. The van der Waals surface area contributed by atoms with E-state index in [1.807, 2.05) is 0 Å². The Balaban J connectivity index is 2.29. The Bertz CT molecular complexity index is 266. The summed E-state index contributed by atoms with van der Waals surface area (Å²) in [6, 6.07) is 2.39. The van der Waals surface area contributed by atoms with Crippen molar-refractivity contribution in [3.05, 3.63) is 12.2 Å². The highest BCUT2D eigenvalue weighted by Crippen LogP contribution is 2.66. The molecule has 2 heteroatoms. The van der Waals surface area contributed by atoms with Crippen LogP contribution in [0.4, 0.5) is 0 Å². The fourth-order valence-electron chi connectivity index (χ4n) is 2.73. The van der Waals surface area contributed by atoms with Crippen LogP contribution in [0.15, 0.2) is 12.2 Å². The molecule has 1 N–H and O–H groups in total. The van der Waals surface area contributed by atoms with E-state index in [-0.39, 0.29) is 17.9 Å². The average Bonchev–Trinajstić information content (AvgIpc) is 2.75. The maximum absolute atomic E-state index is 9.07. The summed E-state index contributed by atoms with van der Waals surface area (Å²) in [5.41, 5.74) is -0.219. The smallest absolute Gasteiger partial charge is 0.0722 e. The second-order valence-corrected chi connectivity index (χ2v) is 3.89. The van der Waals surface area contributed by atoms with Crippen molar-refractivity contribution in [1.82, 2.24) is 0 Å². The van der Waals surface area contributed by atoms with Gasteiger partial charge in [0.2, 0.25) is 0 Å². The maximum Gasteiger partial charge on any atom is 0.0722 e. The van der Waals surface area contributed by atoms with Crippen molar-refractivity contribution in [3.8, 4) is 6.07 Å². The lowest BCUT2D eigenvalue weighted by Gasteiger charge is -2.17. The highest BCUT2D eigenvalue weighted by Gasteiger charge is 2.67. The maximum atomic E-state index is 9.07. The Hall–Kier alpha value is -0.810. The topological polar surface area (TPSA) is 44.0 Å². The lowest BCUT2D eigenvalue weighted by Crippen LogP contribution is -2.15. The summed E-state index contributed by atoms with van der Waals surface area (Å²) in [6.07, 6.45) is 5.22. The summed E-state index contributed by atoms with van der Waals surface area (Å²) in [5.74, 6) is 0.971. The molecule has 0 bridgehead atoms. The van der Waals surface area contributed by atoms with E-state index in [0.717, 1.165) is 6.42 Å². The van der Waals surface area contributed by atoms with Gasteiger partial charge < -0.3 is 5.11 Å². The Kier molecular flexibility index (Phi) is 1.52. The van der Waals surface area contributed by atoms with Crippen molar-refractivity contribution in [2.75, 3.05) is 6.61 Å². The van der Waals surface area contributed by atoms with Gasteiger partial charge in [0, 0.05) is 12.5 Å². The van der Waals surface area contributed by atoms with E-state index in [4.69, 9.17) is 10.4 Å². The van der Waals surface area contributed by atoms with Crippen molar-refractivity contribution < 1.29 is 5.11 Å². The Morgan fingerprint density at radius 2 is 2.50 bits per heavy atom. The van der Waals surface area contributed by atoms with E-state index in [2.05, 4.69) is 25.1 Å². The van der Waals surface area contributed by atoms with Gasteiger partial charge in [-0.2, -0.15) is 5.26 Å². The molecule has 4 atom stereocenters. The van der Waals surface area contributed by atoms with Gasteiger partial charge in [0.05, 0.1) is 11.5 Å². The number of hydrogen-bond acceptors (Lipinski definition) is 2. The van der Waals surface area contributed by atoms with Crippen LogP contribution in [0.3, 0.4) is 0 Å². The van der Waals surface area contributed by atoms with Crippen molar-refractivity contribution >= 4 is 0 Å². The Labute approximate surface area is 72.5 Å². The zero-order valence-electron chi connectivity index (χ0n) is 7.20. The average molecular weight is 163 g/mol. The highest BCUT2D eigenvalue weighted by atomic mass is 16.3. The van der Waals surface area contributed by atoms with Crippen LogP contribution >= 0.6 is 0 Å². The van der Waals surface area contributed by atoms with Crippen LogP contribution in [0.25, 0.3) is 0 Å². The second kappa shape index (κ2) is 2.34.